The predicted octanol–water partition coefficient (Wildman–Crippen LogP) is 2.34. The van der Waals surface area contributed by atoms with E-state index in [2.05, 4.69) is 0 Å². The second kappa shape index (κ2) is 7.67. The van der Waals surface area contributed by atoms with Gasteiger partial charge in [-0.25, -0.2) is 4.79 Å². The van der Waals surface area contributed by atoms with Crippen molar-refractivity contribution in [2.75, 3.05) is 13.2 Å². The first-order valence-electron chi connectivity index (χ1n) is 6.69. The molecule has 1 fully saturated rings. The second-order valence-corrected chi connectivity index (χ2v) is 4.85. The highest BCUT2D eigenvalue weighted by Crippen LogP contribution is 2.33. The minimum absolute atomic E-state index is 0.263. The van der Waals surface area contributed by atoms with Crippen LogP contribution in [0.4, 0.5) is 0 Å². The topological polar surface area (TPSA) is 66.8 Å². The minimum atomic E-state index is -0.884. The Balaban J connectivity index is 2.10. The third kappa shape index (κ3) is 4.64. The lowest BCUT2D eigenvalue weighted by Gasteiger charge is -2.24. The van der Waals surface area contributed by atoms with E-state index in [0.29, 0.717) is 19.4 Å². The van der Waals surface area contributed by atoms with E-state index in [0.717, 1.165) is 44.9 Å². The summed E-state index contributed by atoms with van der Waals surface area (Å²) in [6.07, 6.45) is 8.20. The van der Waals surface area contributed by atoms with Crippen LogP contribution in [0.2, 0.25) is 0 Å². The molecule has 0 bridgehead atoms. The highest BCUT2D eigenvalue weighted by Gasteiger charge is 2.42. The quantitative estimate of drug-likeness (QED) is 0.611. The molecular formula is C13H24O4. The maximum atomic E-state index is 11.2. The van der Waals surface area contributed by atoms with Crippen LogP contribution in [0.1, 0.15) is 57.8 Å². The standard InChI is InChI=1S/C13H24O4/c14-10-6-2-1-3-7-11-17-13(12(15)16)8-4-5-9-13/h14H,1-11H2,(H,15,16). The van der Waals surface area contributed by atoms with Gasteiger partial charge in [0.1, 0.15) is 0 Å². The van der Waals surface area contributed by atoms with Crippen LogP contribution in [0.15, 0.2) is 0 Å². The van der Waals surface area contributed by atoms with Crippen LogP contribution in [0.3, 0.4) is 0 Å². The normalized spacial score (nSPS) is 18.4. The lowest BCUT2D eigenvalue weighted by atomic mass is 10.0. The monoisotopic (exact) mass is 244 g/mol. The number of aliphatic carboxylic acids is 1. The fraction of sp³-hybridized carbons (Fsp3) is 0.923. The molecule has 100 valence electrons. The van der Waals surface area contributed by atoms with Crippen LogP contribution < -0.4 is 0 Å². The molecule has 0 aromatic heterocycles. The average molecular weight is 244 g/mol. The van der Waals surface area contributed by atoms with Crippen LogP contribution in [-0.2, 0) is 9.53 Å². The van der Waals surface area contributed by atoms with Crippen LogP contribution in [0.5, 0.6) is 0 Å². The first-order chi connectivity index (χ1) is 8.21. The fourth-order valence-corrected chi connectivity index (χ4v) is 2.38. The van der Waals surface area contributed by atoms with Crippen molar-refractivity contribution in [1.29, 1.82) is 0 Å². The number of aliphatic hydroxyl groups is 1. The summed E-state index contributed by atoms with van der Waals surface area (Å²) in [6.45, 7) is 0.810. The zero-order chi connectivity index (χ0) is 12.6. The largest absolute Gasteiger partial charge is 0.479 e. The molecule has 0 saturated heterocycles. The molecule has 0 aliphatic heterocycles. The van der Waals surface area contributed by atoms with Crippen molar-refractivity contribution in [3.05, 3.63) is 0 Å². The SMILES string of the molecule is O=C(O)C1(OCCCCCCCO)CCCC1. The zero-order valence-electron chi connectivity index (χ0n) is 10.5. The molecule has 0 amide bonds. The van der Waals surface area contributed by atoms with Crippen molar-refractivity contribution >= 4 is 5.97 Å². The predicted molar refractivity (Wildman–Crippen MR) is 65.0 cm³/mol. The van der Waals surface area contributed by atoms with Crippen LogP contribution in [0, 0.1) is 0 Å². The van der Waals surface area contributed by atoms with Gasteiger partial charge in [-0.1, -0.05) is 19.3 Å². The summed E-state index contributed by atoms with van der Waals surface area (Å²) in [4.78, 5) is 11.2. The molecule has 0 aromatic rings. The second-order valence-electron chi connectivity index (χ2n) is 4.85. The maximum absolute atomic E-state index is 11.2. The lowest BCUT2D eigenvalue weighted by Crippen LogP contribution is -2.38. The Kier molecular flexibility index (Phi) is 6.52. The van der Waals surface area contributed by atoms with Gasteiger partial charge in [-0.05, 0) is 38.5 Å². The van der Waals surface area contributed by atoms with E-state index in [1.54, 1.807) is 0 Å². The van der Waals surface area contributed by atoms with Gasteiger partial charge in [-0.15, -0.1) is 0 Å². The van der Waals surface area contributed by atoms with Gasteiger partial charge < -0.3 is 14.9 Å². The number of hydrogen-bond acceptors (Lipinski definition) is 3. The molecular weight excluding hydrogens is 220 g/mol. The van der Waals surface area contributed by atoms with Gasteiger partial charge in [0, 0.05) is 13.2 Å². The van der Waals surface area contributed by atoms with E-state index in [4.69, 9.17) is 9.84 Å². The van der Waals surface area contributed by atoms with Crippen molar-refractivity contribution in [3.63, 3.8) is 0 Å². The van der Waals surface area contributed by atoms with Crippen LogP contribution in [-0.4, -0.2) is 35.0 Å². The number of carboxylic acid groups (broad SMARTS) is 1. The van der Waals surface area contributed by atoms with Gasteiger partial charge >= 0.3 is 5.97 Å². The Hall–Kier alpha value is -0.610. The number of aliphatic hydroxyl groups excluding tert-OH is 1. The average Bonchev–Trinajstić information content (AvgIpc) is 2.78. The van der Waals surface area contributed by atoms with Crippen molar-refractivity contribution in [2.24, 2.45) is 0 Å². The Bertz CT molecular complexity index is 221. The number of hydrogen-bond donors (Lipinski definition) is 2. The van der Waals surface area contributed by atoms with E-state index in [-0.39, 0.29) is 6.61 Å². The molecule has 0 atom stereocenters. The first-order valence-corrected chi connectivity index (χ1v) is 6.69. The van der Waals surface area contributed by atoms with Crippen LogP contribution in [0.25, 0.3) is 0 Å². The van der Waals surface area contributed by atoms with Gasteiger partial charge in [0.05, 0.1) is 0 Å². The highest BCUT2D eigenvalue weighted by atomic mass is 16.5. The summed E-state index contributed by atoms with van der Waals surface area (Å²) in [5, 5.41) is 17.8. The molecule has 0 spiro atoms. The summed E-state index contributed by atoms with van der Waals surface area (Å²) >= 11 is 0. The van der Waals surface area contributed by atoms with Gasteiger partial charge in [-0.3, -0.25) is 0 Å². The zero-order valence-corrected chi connectivity index (χ0v) is 10.5. The Morgan fingerprint density at radius 2 is 1.65 bits per heavy atom. The van der Waals surface area contributed by atoms with Gasteiger partial charge in [0.15, 0.2) is 5.60 Å². The van der Waals surface area contributed by atoms with E-state index in [9.17, 15) is 9.90 Å². The molecule has 1 aliphatic rings. The van der Waals surface area contributed by atoms with E-state index in [1.807, 2.05) is 0 Å². The molecule has 17 heavy (non-hydrogen) atoms. The van der Waals surface area contributed by atoms with Crippen molar-refractivity contribution in [2.45, 2.75) is 63.4 Å². The molecule has 1 saturated carbocycles. The van der Waals surface area contributed by atoms with Gasteiger partial charge in [0.25, 0.3) is 0 Å². The number of carbonyl (C=O) groups is 1. The van der Waals surface area contributed by atoms with Crippen molar-refractivity contribution in [1.82, 2.24) is 0 Å². The molecule has 1 rings (SSSR count). The fourth-order valence-electron chi connectivity index (χ4n) is 2.38. The Morgan fingerprint density at radius 3 is 2.24 bits per heavy atom. The molecule has 0 aromatic carbocycles. The summed E-state index contributed by atoms with van der Waals surface area (Å²) < 4.78 is 5.61. The Morgan fingerprint density at radius 1 is 1.06 bits per heavy atom. The number of ether oxygens (including phenoxy) is 1. The van der Waals surface area contributed by atoms with E-state index < -0.39 is 11.6 Å². The molecule has 4 nitrogen and oxygen atoms in total. The molecule has 0 unspecified atom stereocenters. The van der Waals surface area contributed by atoms with Crippen LogP contribution >= 0.6 is 0 Å². The maximum Gasteiger partial charge on any atom is 0.335 e. The molecule has 1 aliphatic carbocycles. The molecule has 0 heterocycles. The molecule has 4 heteroatoms. The van der Waals surface area contributed by atoms with Gasteiger partial charge in [-0.2, -0.15) is 0 Å². The summed E-state index contributed by atoms with van der Waals surface area (Å²) in [7, 11) is 0. The number of carboxylic acids is 1. The van der Waals surface area contributed by atoms with Crippen molar-refractivity contribution < 1.29 is 19.7 Å². The smallest absolute Gasteiger partial charge is 0.335 e. The van der Waals surface area contributed by atoms with Crippen molar-refractivity contribution in [3.8, 4) is 0 Å². The molecule has 2 N–H and O–H groups in total. The third-order valence-corrected chi connectivity index (χ3v) is 3.48. The lowest BCUT2D eigenvalue weighted by molar-refractivity contribution is -0.165. The van der Waals surface area contributed by atoms with E-state index in [1.165, 1.54) is 0 Å². The summed E-state index contributed by atoms with van der Waals surface area (Å²) in [5.74, 6) is -0.796. The molecule has 0 radical (unpaired) electrons. The van der Waals surface area contributed by atoms with E-state index >= 15 is 0 Å². The summed E-state index contributed by atoms with van der Waals surface area (Å²) in [5.41, 5.74) is -0.884. The highest BCUT2D eigenvalue weighted by molar-refractivity contribution is 5.77. The number of unbranched alkanes of at least 4 members (excludes halogenated alkanes) is 4. The Labute approximate surface area is 103 Å². The minimum Gasteiger partial charge on any atom is -0.479 e. The third-order valence-electron chi connectivity index (χ3n) is 3.48. The van der Waals surface area contributed by atoms with Gasteiger partial charge in [0.2, 0.25) is 0 Å². The number of rotatable bonds is 9. The summed E-state index contributed by atoms with van der Waals surface area (Å²) in [6, 6.07) is 0. The first kappa shape index (κ1) is 14.5.